The Kier molecular flexibility index (Phi) is 3.31. The first-order valence-electron chi connectivity index (χ1n) is 6.45. The van der Waals surface area contributed by atoms with Gasteiger partial charge in [-0.15, -0.1) is 0 Å². The summed E-state index contributed by atoms with van der Waals surface area (Å²) < 4.78 is 4.73. The summed E-state index contributed by atoms with van der Waals surface area (Å²) in [6.07, 6.45) is 0. The lowest BCUT2D eigenvalue weighted by Gasteiger charge is -2.28. The zero-order valence-corrected chi connectivity index (χ0v) is 11.1. The number of rotatable bonds is 3. The summed E-state index contributed by atoms with van der Waals surface area (Å²) >= 11 is 0. The second-order valence-electron chi connectivity index (χ2n) is 4.70. The fourth-order valence-electron chi connectivity index (χ4n) is 2.21. The Hall–Kier alpha value is -2.83. The van der Waals surface area contributed by atoms with Crippen LogP contribution in [0.3, 0.4) is 0 Å². The van der Waals surface area contributed by atoms with E-state index in [1.807, 2.05) is 29.2 Å². The van der Waals surface area contributed by atoms with Gasteiger partial charge in [-0.2, -0.15) is 0 Å². The Morgan fingerprint density at radius 2 is 2.10 bits per heavy atom. The molecule has 1 amide bonds. The van der Waals surface area contributed by atoms with E-state index < -0.39 is 5.97 Å². The molecular formula is C14H13N3O4. The quantitative estimate of drug-likeness (QED) is 0.873. The molecule has 108 valence electrons. The van der Waals surface area contributed by atoms with E-state index in [9.17, 15) is 9.59 Å². The molecule has 21 heavy (non-hydrogen) atoms. The van der Waals surface area contributed by atoms with Crippen LogP contribution in [0.5, 0.6) is 0 Å². The maximum absolute atomic E-state index is 11.4. The van der Waals surface area contributed by atoms with Crippen LogP contribution in [0.15, 0.2) is 34.9 Å². The zero-order chi connectivity index (χ0) is 14.8. The van der Waals surface area contributed by atoms with Crippen LogP contribution in [-0.2, 0) is 4.79 Å². The van der Waals surface area contributed by atoms with Crippen LogP contribution in [0.4, 0.5) is 5.69 Å². The average Bonchev–Trinajstić information content (AvgIpc) is 2.97. The molecule has 1 saturated heterocycles. The molecule has 1 aliphatic heterocycles. The Balaban J connectivity index is 1.79. The van der Waals surface area contributed by atoms with Crippen LogP contribution in [0.2, 0.25) is 0 Å². The summed E-state index contributed by atoms with van der Waals surface area (Å²) in [6, 6.07) is 8.79. The average molecular weight is 287 g/mol. The number of hydrogen-bond acceptors (Lipinski definition) is 5. The Bertz CT molecular complexity index is 678. The molecular weight excluding hydrogens is 274 g/mol. The molecule has 7 heteroatoms. The Labute approximate surface area is 120 Å². The summed E-state index contributed by atoms with van der Waals surface area (Å²) in [5.41, 5.74) is 2.17. The number of carbonyl (C=O) groups is 2. The van der Waals surface area contributed by atoms with Crippen molar-refractivity contribution in [2.75, 3.05) is 24.5 Å². The first-order valence-corrected chi connectivity index (χ1v) is 6.45. The van der Waals surface area contributed by atoms with Gasteiger partial charge in [-0.05, 0) is 12.1 Å². The molecule has 7 nitrogen and oxygen atoms in total. The topological polar surface area (TPSA) is 95.7 Å². The van der Waals surface area contributed by atoms with Gasteiger partial charge in [0, 0.05) is 30.4 Å². The minimum atomic E-state index is -1.15. The van der Waals surface area contributed by atoms with Crippen molar-refractivity contribution in [1.29, 1.82) is 0 Å². The third kappa shape index (κ3) is 2.71. The lowest BCUT2D eigenvalue weighted by Crippen LogP contribution is -2.47. The van der Waals surface area contributed by atoms with Gasteiger partial charge in [-0.25, -0.2) is 4.79 Å². The van der Waals surface area contributed by atoms with Gasteiger partial charge >= 0.3 is 5.97 Å². The first-order chi connectivity index (χ1) is 10.1. The van der Waals surface area contributed by atoms with Gasteiger partial charge in [0.05, 0.1) is 6.54 Å². The second-order valence-corrected chi connectivity index (χ2v) is 4.70. The number of carboxylic acids is 1. The number of amides is 1. The van der Waals surface area contributed by atoms with E-state index in [4.69, 9.17) is 9.63 Å². The van der Waals surface area contributed by atoms with E-state index in [1.54, 1.807) is 0 Å². The monoisotopic (exact) mass is 287 g/mol. The number of aromatic nitrogens is 1. The number of carbonyl (C=O) groups excluding carboxylic acids is 1. The predicted molar refractivity (Wildman–Crippen MR) is 74.1 cm³/mol. The van der Waals surface area contributed by atoms with Crippen molar-refractivity contribution in [3.8, 4) is 11.3 Å². The van der Waals surface area contributed by atoms with Crippen LogP contribution in [0.1, 0.15) is 10.6 Å². The van der Waals surface area contributed by atoms with Crippen molar-refractivity contribution >= 4 is 17.6 Å². The number of anilines is 1. The van der Waals surface area contributed by atoms with E-state index in [0.29, 0.717) is 18.8 Å². The molecule has 0 spiro atoms. The molecule has 0 atom stereocenters. The van der Waals surface area contributed by atoms with Crippen molar-refractivity contribution in [2.45, 2.75) is 0 Å². The molecule has 1 aliphatic rings. The van der Waals surface area contributed by atoms with Crippen LogP contribution in [0.25, 0.3) is 11.3 Å². The molecule has 2 heterocycles. The predicted octanol–water partition coefficient (Wildman–Crippen LogP) is 0.976. The smallest absolute Gasteiger partial charge is 0.374 e. The first kappa shape index (κ1) is 13.2. The molecule has 0 radical (unpaired) electrons. The molecule has 1 aromatic carbocycles. The fourth-order valence-corrected chi connectivity index (χ4v) is 2.21. The number of carboxylic acid groups (broad SMARTS) is 1. The van der Waals surface area contributed by atoms with Gasteiger partial charge in [0.2, 0.25) is 11.7 Å². The molecule has 2 N–H and O–H groups in total. The van der Waals surface area contributed by atoms with Gasteiger partial charge in [0.15, 0.2) is 0 Å². The molecule has 0 aliphatic carbocycles. The standard InChI is InChI=1S/C14H13N3O4/c18-13-8-17(6-5-15-13)10-3-1-9(2-4-10)11-7-12(14(19)20)21-16-11/h1-4,7H,5-6,8H2,(H,15,18)(H,19,20). The maximum Gasteiger partial charge on any atom is 0.374 e. The summed E-state index contributed by atoms with van der Waals surface area (Å²) in [5.74, 6) is -1.33. The summed E-state index contributed by atoms with van der Waals surface area (Å²) in [6.45, 7) is 1.73. The Morgan fingerprint density at radius 1 is 1.33 bits per heavy atom. The van der Waals surface area contributed by atoms with Crippen molar-refractivity contribution in [2.24, 2.45) is 0 Å². The van der Waals surface area contributed by atoms with Gasteiger partial charge in [-0.3, -0.25) is 4.79 Å². The fraction of sp³-hybridized carbons (Fsp3) is 0.214. The molecule has 1 aromatic heterocycles. The lowest BCUT2D eigenvalue weighted by atomic mass is 10.1. The Morgan fingerprint density at radius 3 is 2.71 bits per heavy atom. The SMILES string of the molecule is O=C1CN(c2ccc(-c3cc(C(=O)O)on3)cc2)CCN1. The van der Waals surface area contributed by atoms with Gasteiger partial charge in [0.25, 0.3) is 0 Å². The third-order valence-corrected chi connectivity index (χ3v) is 3.29. The second kappa shape index (κ2) is 5.28. The lowest BCUT2D eigenvalue weighted by molar-refractivity contribution is -0.120. The molecule has 0 unspecified atom stereocenters. The van der Waals surface area contributed by atoms with E-state index in [1.165, 1.54) is 6.07 Å². The van der Waals surface area contributed by atoms with E-state index >= 15 is 0 Å². The number of piperazine rings is 1. The molecule has 1 fully saturated rings. The minimum absolute atomic E-state index is 0.00734. The van der Waals surface area contributed by atoms with Gasteiger partial charge in [-0.1, -0.05) is 17.3 Å². The number of aromatic carboxylic acids is 1. The highest BCUT2D eigenvalue weighted by atomic mass is 16.5. The number of nitrogens with one attached hydrogen (secondary N) is 1. The van der Waals surface area contributed by atoms with Crippen molar-refractivity contribution in [1.82, 2.24) is 10.5 Å². The van der Waals surface area contributed by atoms with E-state index in [-0.39, 0.29) is 11.7 Å². The molecule has 0 bridgehead atoms. The van der Waals surface area contributed by atoms with E-state index in [0.717, 1.165) is 17.8 Å². The highest BCUT2D eigenvalue weighted by molar-refractivity contribution is 5.86. The molecule has 3 rings (SSSR count). The maximum atomic E-state index is 11.4. The van der Waals surface area contributed by atoms with Crippen LogP contribution < -0.4 is 10.2 Å². The minimum Gasteiger partial charge on any atom is -0.475 e. The largest absolute Gasteiger partial charge is 0.475 e. The summed E-state index contributed by atoms with van der Waals surface area (Å²) in [7, 11) is 0. The van der Waals surface area contributed by atoms with Gasteiger partial charge in [0.1, 0.15) is 5.69 Å². The number of hydrogen-bond donors (Lipinski definition) is 2. The number of nitrogens with zero attached hydrogens (tertiary/aromatic N) is 2. The summed E-state index contributed by atoms with van der Waals surface area (Å²) in [5, 5.41) is 15.3. The molecule has 0 saturated carbocycles. The summed E-state index contributed by atoms with van der Waals surface area (Å²) in [4.78, 5) is 24.1. The van der Waals surface area contributed by atoms with Crippen molar-refractivity contribution in [3.63, 3.8) is 0 Å². The van der Waals surface area contributed by atoms with E-state index in [2.05, 4.69) is 10.5 Å². The highest BCUT2D eigenvalue weighted by Gasteiger charge is 2.17. The van der Waals surface area contributed by atoms with Crippen LogP contribution in [-0.4, -0.2) is 41.8 Å². The zero-order valence-electron chi connectivity index (χ0n) is 11.1. The van der Waals surface area contributed by atoms with Gasteiger partial charge < -0.3 is 19.8 Å². The van der Waals surface area contributed by atoms with Crippen molar-refractivity contribution in [3.05, 3.63) is 36.1 Å². The van der Waals surface area contributed by atoms with Crippen LogP contribution in [0, 0.1) is 0 Å². The molecule has 2 aromatic rings. The highest BCUT2D eigenvalue weighted by Crippen LogP contribution is 2.23. The van der Waals surface area contributed by atoms with Crippen LogP contribution >= 0.6 is 0 Å². The van der Waals surface area contributed by atoms with Crippen molar-refractivity contribution < 1.29 is 19.2 Å². The third-order valence-electron chi connectivity index (χ3n) is 3.29. The number of benzene rings is 1. The normalized spacial score (nSPS) is 14.9.